The lowest BCUT2D eigenvalue weighted by atomic mass is 9.62. The molecule has 0 saturated heterocycles. The van der Waals surface area contributed by atoms with Gasteiger partial charge in [0, 0.05) is 12.0 Å². The van der Waals surface area contributed by atoms with Crippen molar-refractivity contribution < 1.29 is 5.11 Å². The molecule has 0 amide bonds. The van der Waals surface area contributed by atoms with Crippen LogP contribution in [-0.2, 0) is 5.41 Å². The molecule has 0 heterocycles. The predicted octanol–water partition coefficient (Wildman–Crippen LogP) is 5.43. The minimum absolute atomic E-state index is 0.154. The average Bonchev–Trinajstić information content (AvgIpc) is 2.68. The first-order chi connectivity index (χ1) is 12.1. The van der Waals surface area contributed by atoms with Crippen LogP contribution in [0.1, 0.15) is 37.0 Å². The second kappa shape index (κ2) is 7.25. The first kappa shape index (κ1) is 17.4. The zero-order chi connectivity index (χ0) is 17.8. The fraction of sp³-hybridized carbons (Fsp3) is 0.250. The zero-order valence-electron chi connectivity index (χ0n) is 15.0. The Balaban J connectivity index is 2.32. The normalized spacial score (nSPS) is 12.1. The van der Waals surface area contributed by atoms with Crippen LogP contribution in [0, 0.1) is 5.41 Å². The topological polar surface area (TPSA) is 20.2 Å². The molecule has 0 saturated carbocycles. The first-order valence-electron chi connectivity index (χ1n) is 8.86. The maximum atomic E-state index is 10.00. The van der Waals surface area contributed by atoms with Gasteiger partial charge in [-0.3, -0.25) is 0 Å². The van der Waals surface area contributed by atoms with E-state index in [0.717, 1.165) is 6.42 Å². The van der Waals surface area contributed by atoms with Gasteiger partial charge in [0.15, 0.2) is 0 Å². The highest BCUT2D eigenvalue weighted by Gasteiger charge is 2.40. The van der Waals surface area contributed by atoms with Crippen LogP contribution in [0.15, 0.2) is 91.0 Å². The summed E-state index contributed by atoms with van der Waals surface area (Å²) in [6, 6.07) is 32.0. The van der Waals surface area contributed by atoms with E-state index in [-0.39, 0.29) is 17.4 Å². The molecule has 0 spiro atoms. The van der Waals surface area contributed by atoms with Crippen molar-refractivity contribution in [3.05, 3.63) is 108 Å². The molecule has 3 aromatic carbocycles. The molecule has 0 fully saturated rings. The van der Waals surface area contributed by atoms with E-state index in [1.807, 2.05) is 0 Å². The lowest BCUT2D eigenvalue weighted by Gasteiger charge is -2.41. The van der Waals surface area contributed by atoms with Gasteiger partial charge in [-0.25, -0.2) is 0 Å². The Morgan fingerprint density at radius 1 is 0.600 bits per heavy atom. The third-order valence-corrected chi connectivity index (χ3v) is 4.97. The Morgan fingerprint density at radius 3 is 1.20 bits per heavy atom. The third-order valence-electron chi connectivity index (χ3n) is 4.97. The summed E-state index contributed by atoms with van der Waals surface area (Å²) in [5, 5.41) is 10.00. The molecular formula is C24H26O. The molecular weight excluding hydrogens is 304 g/mol. The monoisotopic (exact) mass is 330 g/mol. The Bertz CT molecular complexity index is 679. The fourth-order valence-corrected chi connectivity index (χ4v) is 3.75. The van der Waals surface area contributed by atoms with Gasteiger partial charge in [0.05, 0.1) is 0 Å². The van der Waals surface area contributed by atoms with E-state index in [4.69, 9.17) is 0 Å². The van der Waals surface area contributed by atoms with Gasteiger partial charge in [0.25, 0.3) is 0 Å². The van der Waals surface area contributed by atoms with E-state index in [2.05, 4.69) is 105 Å². The maximum absolute atomic E-state index is 10.00. The number of aliphatic hydroxyl groups excluding tert-OH is 1. The van der Waals surface area contributed by atoms with Gasteiger partial charge in [-0.1, -0.05) is 105 Å². The van der Waals surface area contributed by atoms with Crippen LogP contribution in [0.2, 0.25) is 0 Å². The Labute approximate surface area is 151 Å². The van der Waals surface area contributed by atoms with E-state index in [0.29, 0.717) is 0 Å². The van der Waals surface area contributed by atoms with Crippen LogP contribution in [0.4, 0.5) is 0 Å². The summed E-state index contributed by atoms with van der Waals surface area (Å²) >= 11 is 0. The number of hydrogen-bond donors (Lipinski definition) is 1. The zero-order valence-corrected chi connectivity index (χ0v) is 15.0. The molecule has 0 aromatic heterocycles. The Kier molecular flexibility index (Phi) is 5.06. The molecule has 1 N–H and O–H groups in total. The van der Waals surface area contributed by atoms with Crippen molar-refractivity contribution in [3.63, 3.8) is 0 Å². The quantitative estimate of drug-likeness (QED) is 0.598. The molecule has 3 rings (SSSR count). The summed E-state index contributed by atoms with van der Waals surface area (Å²) in [4.78, 5) is 0. The SMILES string of the molecule is CC(C)(CO)CC(c1ccccc1)(c1ccccc1)c1ccccc1. The summed E-state index contributed by atoms with van der Waals surface area (Å²) in [6.45, 7) is 4.42. The number of benzene rings is 3. The van der Waals surface area contributed by atoms with Gasteiger partial charge in [-0.15, -0.1) is 0 Å². The summed E-state index contributed by atoms with van der Waals surface area (Å²) in [5.74, 6) is 0. The molecule has 1 nitrogen and oxygen atoms in total. The molecule has 0 aliphatic carbocycles. The fourth-order valence-electron chi connectivity index (χ4n) is 3.75. The van der Waals surface area contributed by atoms with Crippen LogP contribution in [0.25, 0.3) is 0 Å². The smallest absolute Gasteiger partial charge is 0.0482 e. The minimum atomic E-state index is -0.296. The lowest BCUT2D eigenvalue weighted by molar-refractivity contribution is 0.134. The van der Waals surface area contributed by atoms with Gasteiger partial charge < -0.3 is 5.11 Å². The van der Waals surface area contributed by atoms with E-state index in [1.165, 1.54) is 16.7 Å². The van der Waals surface area contributed by atoms with Crippen LogP contribution in [-0.4, -0.2) is 11.7 Å². The lowest BCUT2D eigenvalue weighted by Crippen LogP contribution is -2.36. The number of rotatable bonds is 6. The highest BCUT2D eigenvalue weighted by Crippen LogP contribution is 2.47. The Hall–Kier alpha value is -2.38. The standard InChI is InChI=1S/C24H26O/c1-23(2,19-25)18-24(20-12-6-3-7-13-20,21-14-8-4-9-15-21)22-16-10-5-11-17-22/h3-17,25H,18-19H2,1-2H3. The van der Waals surface area contributed by atoms with E-state index in [1.54, 1.807) is 0 Å². The summed E-state index contributed by atoms with van der Waals surface area (Å²) < 4.78 is 0. The van der Waals surface area contributed by atoms with E-state index < -0.39 is 0 Å². The van der Waals surface area contributed by atoms with Crippen molar-refractivity contribution in [1.82, 2.24) is 0 Å². The molecule has 0 bridgehead atoms. The molecule has 1 heteroatoms. The number of aliphatic hydroxyl groups is 1. The van der Waals surface area contributed by atoms with Crippen molar-refractivity contribution >= 4 is 0 Å². The molecule has 128 valence electrons. The highest BCUT2D eigenvalue weighted by atomic mass is 16.3. The van der Waals surface area contributed by atoms with Gasteiger partial charge >= 0.3 is 0 Å². The van der Waals surface area contributed by atoms with Crippen molar-refractivity contribution in [3.8, 4) is 0 Å². The molecule has 0 radical (unpaired) electrons. The number of hydrogen-bond acceptors (Lipinski definition) is 1. The van der Waals surface area contributed by atoms with Gasteiger partial charge in [0.1, 0.15) is 0 Å². The van der Waals surface area contributed by atoms with Crippen LogP contribution >= 0.6 is 0 Å². The highest BCUT2D eigenvalue weighted by molar-refractivity contribution is 5.50. The largest absolute Gasteiger partial charge is 0.396 e. The summed E-state index contributed by atoms with van der Waals surface area (Å²) in [6.07, 6.45) is 0.828. The van der Waals surface area contributed by atoms with Gasteiger partial charge in [-0.2, -0.15) is 0 Å². The third kappa shape index (κ3) is 3.52. The van der Waals surface area contributed by atoms with Gasteiger partial charge in [-0.05, 0) is 28.5 Å². The molecule has 3 aromatic rings. The molecule has 0 atom stereocenters. The van der Waals surface area contributed by atoms with E-state index >= 15 is 0 Å². The molecule has 0 unspecified atom stereocenters. The second-order valence-corrected chi connectivity index (χ2v) is 7.50. The second-order valence-electron chi connectivity index (χ2n) is 7.50. The maximum Gasteiger partial charge on any atom is 0.0482 e. The van der Waals surface area contributed by atoms with Crippen molar-refractivity contribution in [1.29, 1.82) is 0 Å². The average molecular weight is 330 g/mol. The molecule has 0 aliphatic heterocycles. The van der Waals surface area contributed by atoms with E-state index in [9.17, 15) is 5.11 Å². The van der Waals surface area contributed by atoms with Crippen LogP contribution in [0.3, 0.4) is 0 Å². The summed E-state index contributed by atoms with van der Waals surface area (Å²) in [5.41, 5.74) is 3.27. The molecule has 25 heavy (non-hydrogen) atoms. The first-order valence-corrected chi connectivity index (χ1v) is 8.86. The van der Waals surface area contributed by atoms with Crippen LogP contribution < -0.4 is 0 Å². The van der Waals surface area contributed by atoms with Crippen molar-refractivity contribution in [2.75, 3.05) is 6.61 Å². The predicted molar refractivity (Wildman–Crippen MR) is 105 cm³/mol. The van der Waals surface area contributed by atoms with Gasteiger partial charge in [0.2, 0.25) is 0 Å². The summed E-state index contributed by atoms with van der Waals surface area (Å²) in [7, 11) is 0. The molecule has 0 aliphatic rings. The van der Waals surface area contributed by atoms with Crippen molar-refractivity contribution in [2.24, 2.45) is 5.41 Å². The Morgan fingerprint density at radius 2 is 0.920 bits per heavy atom. The minimum Gasteiger partial charge on any atom is -0.396 e. The van der Waals surface area contributed by atoms with Crippen LogP contribution in [0.5, 0.6) is 0 Å². The van der Waals surface area contributed by atoms with Crippen molar-refractivity contribution in [2.45, 2.75) is 25.7 Å².